The van der Waals surface area contributed by atoms with E-state index < -0.39 is 42.5 Å². The summed E-state index contributed by atoms with van der Waals surface area (Å²) in [5.41, 5.74) is -0.634. The quantitative estimate of drug-likeness (QED) is 0.276. The van der Waals surface area contributed by atoms with Gasteiger partial charge in [-0.3, -0.25) is 4.79 Å². The first-order chi connectivity index (χ1) is 12.7. The van der Waals surface area contributed by atoms with Gasteiger partial charge in [0, 0.05) is 6.08 Å². The van der Waals surface area contributed by atoms with Crippen molar-refractivity contribution in [2.45, 2.75) is 56.5 Å². The van der Waals surface area contributed by atoms with E-state index in [0.29, 0.717) is 17.8 Å². The van der Waals surface area contributed by atoms with E-state index >= 15 is 0 Å². The first-order valence-corrected chi connectivity index (χ1v) is 9.27. The number of halogens is 2. The fourth-order valence-corrected chi connectivity index (χ4v) is 5.13. The molecule has 0 radical (unpaired) electrons. The SMILES string of the molecule is C=CC(=O)OCCOC(=O)C(F)(F)CC(=O)OC12CC3CC(CC(C3)C1)C2. The second kappa shape index (κ2) is 7.56. The molecule has 0 heterocycles. The van der Waals surface area contributed by atoms with E-state index in [2.05, 4.69) is 16.1 Å². The highest BCUT2D eigenvalue weighted by atomic mass is 19.3. The van der Waals surface area contributed by atoms with Crippen molar-refractivity contribution in [2.75, 3.05) is 13.2 Å². The summed E-state index contributed by atoms with van der Waals surface area (Å²) < 4.78 is 42.4. The van der Waals surface area contributed by atoms with Crippen LogP contribution in [0, 0.1) is 17.8 Å². The van der Waals surface area contributed by atoms with Crippen molar-refractivity contribution in [1.29, 1.82) is 0 Å². The van der Waals surface area contributed by atoms with E-state index in [1.807, 2.05) is 0 Å². The van der Waals surface area contributed by atoms with Crippen LogP contribution in [0.25, 0.3) is 0 Å². The first kappa shape index (κ1) is 19.8. The van der Waals surface area contributed by atoms with Crippen LogP contribution in [0.1, 0.15) is 44.9 Å². The third-order valence-corrected chi connectivity index (χ3v) is 5.70. The highest BCUT2D eigenvalue weighted by Crippen LogP contribution is 2.57. The summed E-state index contributed by atoms with van der Waals surface area (Å²) in [6.45, 7) is 2.27. The number of hydrogen-bond donors (Lipinski definition) is 0. The molecule has 4 aliphatic carbocycles. The zero-order valence-electron chi connectivity index (χ0n) is 15.1. The van der Waals surface area contributed by atoms with Crippen molar-refractivity contribution in [3.8, 4) is 0 Å². The summed E-state index contributed by atoms with van der Waals surface area (Å²) in [5.74, 6) is -6.12. The van der Waals surface area contributed by atoms with Crippen molar-refractivity contribution in [3.63, 3.8) is 0 Å². The minimum atomic E-state index is -3.98. The molecule has 0 aromatic rings. The molecule has 4 fully saturated rings. The zero-order chi connectivity index (χ0) is 19.7. The Hall–Kier alpha value is -1.99. The third-order valence-electron chi connectivity index (χ3n) is 5.70. The van der Waals surface area contributed by atoms with E-state index in [4.69, 9.17) is 4.74 Å². The molecule has 4 aliphatic rings. The summed E-state index contributed by atoms with van der Waals surface area (Å²) in [6, 6.07) is 0. The molecule has 27 heavy (non-hydrogen) atoms. The standard InChI is InChI=1S/C19H24F2O6/c1-2-15(22)25-3-4-26-17(24)19(20,21)11-16(23)27-18-8-12-5-13(9-18)7-14(6-12)10-18/h2,12-14H,1,3-11H2. The molecule has 0 N–H and O–H groups in total. The Morgan fingerprint density at radius 1 is 1.00 bits per heavy atom. The van der Waals surface area contributed by atoms with Gasteiger partial charge in [-0.05, 0) is 56.3 Å². The lowest BCUT2D eigenvalue weighted by atomic mass is 9.54. The topological polar surface area (TPSA) is 78.9 Å². The molecular weight excluding hydrogens is 362 g/mol. The van der Waals surface area contributed by atoms with Gasteiger partial charge in [-0.2, -0.15) is 8.78 Å². The minimum Gasteiger partial charge on any atom is -0.459 e. The summed E-state index contributed by atoms with van der Waals surface area (Å²) in [6.07, 6.45) is 5.15. The Kier molecular flexibility index (Phi) is 5.53. The van der Waals surface area contributed by atoms with Gasteiger partial charge in [0.25, 0.3) is 0 Å². The molecule has 8 heteroatoms. The highest BCUT2D eigenvalue weighted by Gasteiger charge is 2.54. The Morgan fingerprint density at radius 2 is 1.52 bits per heavy atom. The number of carbonyl (C=O) groups excluding carboxylic acids is 3. The third kappa shape index (κ3) is 4.65. The molecule has 150 valence electrons. The van der Waals surface area contributed by atoms with E-state index in [9.17, 15) is 23.2 Å². The molecule has 0 saturated heterocycles. The molecule has 4 rings (SSSR count). The molecular formula is C19H24F2O6. The van der Waals surface area contributed by atoms with Gasteiger partial charge in [0.05, 0.1) is 0 Å². The second-order valence-electron chi connectivity index (χ2n) is 7.96. The molecule has 0 amide bonds. The Bertz CT molecular complexity index is 594. The van der Waals surface area contributed by atoms with Gasteiger partial charge in [0.1, 0.15) is 25.2 Å². The van der Waals surface area contributed by atoms with E-state index in [0.717, 1.165) is 44.6 Å². The van der Waals surface area contributed by atoms with Crippen LogP contribution >= 0.6 is 0 Å². The smallest absolute Gasteiger partial charge is 0.377 e. The minimum absolute atomic E-state index is 0.371. The number of rotatable bonds is 8. The monoisotopic (exact) mass is 386 g/mol. The van der Waals surface area contributed by atoms with Crippen LogP contribution in [-0.4, -0.2) is 42.6 Å². The number of hydrogen-bond acceptors (Lipinski definition) is 6. The molecule has 0 atom stereocenters. The van der Waals surface area contributed by atoms with Crippen LogP contribution in [0.15, 0.2) is 12.7 Å². The Balaban J connectivity index is 1.47. The van der Waals surface area contributed by atoms with E-state index in [1.54, 1.807) is 0 Å². The molecule has 0 aromatic carbocycles. The van der Waals surface area contributed by atoms with Gasteiger partial charge >= 0.3 is 23.8 Å². The Labute approximate surface area is 156 Å². The molecule has 0 spiro atoms. The van der Waals surface area contributed by atoms with Crippen LogP contribution in [0.5, 0.6) is 0 Å². The molecule has 0 unspecified atom stereocenters. The maximum absolute atomic E-state index is 14.0. The lowest BCUT2D eigenvalue weighted by Gasteiger charge is -2.55. The van der Waals surface area contributed by atoms with Gasteiger partial charge in [0.2, 0.25) is 0 Å². The first-order valence-electron chi connectivity index (χ1n) is 9.27. The lowest BCUT2D eigenvalue weighted by Crippen LogP contribution is -2.53. The van der Waals surface area contributed by atoms with Crippen LogP contribution < -0.4 is 0 Å². The van der Waals surface area contributed by atoms with Crippen LogP contribution in [0.2, 0.25) is 0 Å². The fourth-order valence-electron chi connectivity index (χ4n) is 5.13. The average Bonchev–Trinajstić information content (AvgIpc) is 2.55. The van der Waals surface area contributed by atoms with Gasteiger partial charge < -0.3 is 14.2 Å². The predicted octanol–water partition coefficient (Wildman–Crippen LogP) is 2.80. The van der Waals surface area contributed by atoms with E-state index in [1.165, 1.54) is 0 Å². The summed E-state index contributed by atoms with van der Waals surface area (Å²) in [4.78, 5) is 34.5. The number of ether oxygens (including phenoxy) is 3. The number of carbonyl (C=O) groups is 3. The summed E-state index contributed by atoms with van der Waals surface area (Å²) in [5, 5.41) is 0. The molecule has 0 aliphatic heterocycles. The zero-order valence-corrected chi connectivity index (χ0v) is 15.1. The second-order valence-corrected chi connectivity index (χ2v) is 7.96. The average molecular weight is 386 g/mol. The van der Waals surface area contributed by atoms with Gasteiger partial charge in [-0.1, -0.05) is 6.58 Å². The number of esters is 3. The van der Waals surface area contributed by atoms with Crippen molar-refractivity contribution in [2.24, 2.45) is 17.8 Å². The molecule has 4 bridgehead atoms. The predicted molar refractivity (Wildman–Crippen MR) is 88.7 cm³/mol. The largest absolute Gasteiger partial charge is 0.459 e. The maximum Gasteiger partial charge on any atom is 0.377 e. The summed E-state index contributed by atoms with van der Waals surface area (Å²) in [7, 11) is 0. The lowest BCUT2D eigenvalue weighted by molar-refractivity contribution is -0.198. The molecule has 0 aromatic heterocycles. The highest BCUT2D eigenvalue weighted by molar-refractivity contribution is 5.84. The van der Waals surface area contributed by atoms with Crippen LogP contribution in [0.3, 0.4) is 0 Å². The van der Waals surface area contributed by atoms with Crippen molar-refractivity contribution < 1.29 is 37.4 Å². The number of alkyl halides is 2. The van der Waals surface area contributed by atoms with Crippen LogP contribution in [-0.2, 0) is 28.6 Å². The van der Waals surface area contributed by atoms with Crippen molar-refractivity contribution in [1.82, 2.24) is 0 Å². The fraction of sp³-hybridized carbons (Fsp3) is 0.737. The molecule has 6 nitrogen and oxygen atoms in total. The van der Waals surface area contributed by atoms with Crippen molar-refractivity contribution >= 4 is 17.9 Å². The summed E-state index contributed by atoms with van der Waals surface area (Å²) >= 11 is 0. The van der Waals surface area contributed by atoms with Gasteiger partial charge in [-0.15, -0.1) is 0 Å². The van der Waals surface area contributed by atoms with Crippen molar-refractivity contribution in [3.05, 3.63) is 12.7 Å². The normalized spacial score (nSPS) is 31.3. The maximum atomic E-state index is 14.0. The van der Waals surface area contributed by atoms with Crippen LogP contribution in [0.4, 0.5) is 8.78 Å². The van der Waals surface area contributed by atoms with Gasteiger partial charge in [0.15, 0.2) is 0 Å². The van der Waals surface area contributed by atoms with E-state index in [-0.39, 0.29) is 6.61 Å². The van der Waals surface area contributed by atoms with Gasteiger partial charge in [-0.25, -0.2) is 9.59 Å². The molecule has 4 saturated carbocycles. The Morgan fingerprint density at radius 3 is 2.04 bits per heavy atom.